The molecule has 1 heterocycles. The van der Waals surface area contributed by atoms with Crippen LogP contribution >= 0.6 is 0 Å². The maximum absolute atomic E-state index is 5.80. The van der Waals surface area contributed by atoms with Crippen LogP contribution in [0.4, 0.5) is 0 Å². The Balaban J connectivity index is 1.03. The van der Waals surface area contributed by atoms with Gasteiger partial charge in [-0.05, 0) is 161 Å². The fraction of sp³-hybridized carbons (Fsp3) is 0.878. The van der Waals surface area contributed by atoms with Gasteiger partial charge in [0.2, 0.25) is 0 Å². The molecule has 0 amide bonds. The number of hydrogen-bond acceptors (Lipinski definition) is 2. The first kappa shape index (κ1) is 37.1. The second-order valence-electron chi connectivity index (χ2n) is 20.3. The number of allylic oxidation sites excluding steroid dienone is 5. The predicted molar refractivity (Wildman–Crippen MR) is 217 cm³/mol. The van der Waals surface area contributed by atoms with Gasteiger partial charge in [0.15, 0.2) is 0 Å². The van der Waals surface area contributed by atoms with Crippen LogP contribution in [0.5, 0.6) is 0 Å². The molecule has 286 valence electrons. The minimum absolute atomic E-state index is 0.633. The van der Waals surface area contributed by atoms with Crippen LogP contribution in [0.1, 0.15) is 167 Å². The lowest BCUT2D eigenvalue weighted by molar-refractivity contribution is -0.0753. The first-order valence-electron chi connectivity index (χ1n) is 23.6. The number of hydrogen-bond donors (Lipinski definition) is 1. The summed E-state index contributed by atoms with van der Waals surface area (Å²) in [5, 5.41) is 0. The minimum atomic E-state index is 0.633. The van der Waals surface area contributed by atoms with Crippen molar-refractivity contribution in [3.8, 4) is 0 Å². The van der Waals surface area contributed by atoms with E-state index < -0.39 is 0 Å². The fourth-order valence-electron chi connectivity index (χ4n) is 15.0. The molecule has 2 nitrogen and oxygen atoms in total. The van der Waals surface area contributed by atoms with Crippen molar-refractivity contribution < 1.29 is 0 Å². The topological polar surface area (TPSA) is 29.3 Å². The van der Waals surface area contributed by atoms with Crippen LogP contribution in [0.25, 0.3) is 0 Å². The van der Waals surface area contributed by atoms with Crippen LogP contribution < -0.4 is 5.73 Å². The molecular weight excluding hydrogens is 617 g/mol. The van der Waals surface area contributed by atoms with E-state index in [0.717, 1.165) is 77.7 Å². The zero-order chi connectivity index (χ0) is 34.6. The van der Waals surface area contributed by atoms with Gasteiger partial charge >= 0.3 is 0 Å². The molecule has 0 aromatic heterocycles. The highest BCUT2D eigenvalue weighted by atomic mass is 15.2. The number of nitrogens with two attached hydrogens (primary N) is 1. The quantitative estimate of drug-likeness (QED) is 0.192. The molecule has 51 heavy (non-hydrogen) atoms. The Kier molecular flexibility index (Phi) is 12.9. The maximum Gasteiger partial charge on any atom is 0.0287 e. The van der Waals surface area contributed by atoms with Gasteiger partial charge < -0.3 is 5.73 Å². The standard InChI is InChI=1S/C49H80N2/c1-35-45-17-9-10-18-47(45)48(41-25-23-39(24-26-41)37-13-5-2-6-14-37)34-51(44-29-27-38-15-7-8-16-42(38)32-44)49-33-43(28-30-46(35)49)40-21-19-36(20-22-40)12-4-3-11-31-50/h7-8,15-16,27,29,35-49H,2-6,9-14,17-26,28,30-34,50H2,1H3. The highest BCUT2D eigenvalue weighted by Gasteiger charge is 2.50. The highest BCUT2D eigenvalue weighted by Crippen LogP contribution is 2.55. The largest absolute Gasteiger partial charge is 0.330 e. The van der Waals surface area contributed by atoms with Crippen LogP contribution in [0.2, 0.25) is 0 Å². The summed E-state index contributed by atoms with van der Waals surface area (Å²) in [4.78, 5) is 3.30. The van der Waals surface area contributed by atoms with E-state index in [1.54, 1.807) is 51.4 Å². The molecule has 10 unspecified atom stereocenters. The Bertz CT molecular complexity index is 1150. The normalized spacial score (nSPS) is 45.3. The van der Waals surface area contributed by atoms with Crippen molar-refractivity contribution in [2.24, 2.45) is 82.7 Å². The molecular formula is C49H80N2. The summed E-state index contributed by atoms with van der Waals surface area (Å²) in [6.45, 7) is 5.11. The van der Waals surface area contributed by atoms with Crippen molar-refractivity contribution >= 4 is 0 Å². The minimum Gasteiger partial charge on any atom is -0.330 e. The average Bonchev–Trinajstić information content (AvgIpc) is 3.20. The van der Waals surface area contributed by atoms with E-state index in [0.29, 0.717) is 17.9 Å². The van der Waals surface area contributed by atoms with E-state index in [4.69, 9.17) is 5.73 Å². The lowest BCUT2D eigenvalue weighted by atomic mass is 9.55. The lowest BCUT2D eigenvalue weighted by Gasteiger charge is -2.57. The van der Waals surface area contributed by atoms with Crippen LogP contribution in [-0.2, 0) is 0 Å². The zero-order valence-electron chi connectivity index (χ0n) is 33.2. The summed E-state index contributed by atoms with van der Waals surface area (Å²) in [6, 6.07) is 1.46. The maximum atomic E-state index is 5.80. The van der Waals surface area contributed by atoms with Crippen LogP contribution in [0, 0.1) is 76.9 Å². The van der Waals surface area contributed by atoms with Crippen molar-refractivity contribution in [1.29, 1.82) is 0 Å². The molecule has 1 saturated heterocycles. The van der Waals surface area contributed by atoms with Gasteiger partial charge in [-0.1, -0.05) is 120 Å². The summed E-state index contributed by atoms with van der Waals surface area (Å²) < 4.78 is 0. The number of unbranched alkanes of at least 4 members (excludes halogenated alkanes) is 2. The molecule has 2 heteroatoms. The van der Waals surface area contributed by atoms with Gasteiger partial charge in [-0.15, -0.1) is 0 Å². The molecule has 1 aliphatic heterocycles. The van der Waals surface area contributed by atoms with Crippen molar-refractivity contribution in [3.05, 3.63) is 36.5 Å². The highest BCUT2D eigenvalue weighted by molar-refractivity contribution is 5.23. The number of rotatable bonds is 9. The van der Waals surface area contributed by atoms with Gasteiger partial charge in [0.05, 0.1) is 0 Å². The van der Waals surface area contributed by atoms with E-state index in [-0.39, 0.29) is 0 Å². The second kappa shape index (κ2) is 17.7. The molecule has 0 radical (unpaired) electrons. The molecule has 6 fully saturated rings. The van der Waals surface area contributed by atoms with E-state index in [2.05, 4.69) is 48.3 Å². The SMILES string of the molecule is CC1C2CCCCC2C(C2CCC(C3CCCCC3)CC2)CN(C2C=CC3C=CC=CC3C2)C2CC(C3CCC(CCCCCN)CC3)CCC12. The van der Waals surface area contributed by atoms with Crippen LogP contribution in [0.3, 0.4) is 0 Å². The van der Waals surface area contributed by atoms with E-state index in [9.17, 15) is 0 Å². The Labute approximate surface area is 315 Å². The van der Waals surface area contributed by atoms with Gasteiger partial charge in [-0.2, -0.15) is 0 Å². The molecule has 2 N–H and O–H groups in total. The van der Waals surface area contributed by atoms with Crippen molar-refractivity contribution in [2.75, 3.05) is 13.1 Å². The first-order chi connectivity index (χ1) is 25.2. The Hall–Kier alpha value is -0.860. The van der Waals surface area contributed by atoms with E-state index >= 15 is 0 Å². The summed E-state index contributed by atoms with van der Waals surface area (Å²) in [6.07, 6.45) is 52.6. The van der Waals surface area contributed by atoms with E-state index in [1.807, 2.05) is 0 Å². The summed E-state index contributed by atoms with van der Waals surface area (Å²) >= 11 is 0. The first-order valence-corrected chi connectivity index (χ1v) is 23.6. The van der Waals surface area contributed by atoms with Crippen LogP contribution in [0.15, 0.2) is 36.5 Å². The Morgan fingerprint density at radius 1 is 0.529 bits per heavy atom. The average molecular weight is 697 g/mol. The summed E-state index contributed by atoms with van der Waals surface area (Å²) in [5.74, 6) is 12.2. The molecule has 5 saturated carbocycles. The number of fused-ring (bicyclic) bond motifs is 3. The second-order valence-corrected chi connectivity index (χ2v) is 20.3. The van der Waals surface area contributed by atoms with Crippen molar-refractivity contribution in [2.45, 2.75) is 180 Å². The molecule has 0 bridgehead atoms. The lowest BCUT2D eigenvalue weighted by Crippen LogP contribution is -2.58. The zero-order valence-corrected chi connectivity index (χ0v) is 33.2. The smallest absolute Gasteiger partial charge is 0.0287 e. The summed E-state index contributed by atoms with van der Waals surface area (Å²) in [7, 11) is 0. The number of likely N-dealkylation sites (tertiary alicyclic amines) is 1. The molecule has 7 aliphatic carbocycles. The summed E-state index contributed by atoms with van der Waals surface area (Å²) in [5.41, 5.74) is 5.80. The third-order valence-corrected chi connectivity index (χ3v) is 17.9. The molecule has 0 spiro atoms. The third kappa shape index (κ3) is 8.53. The number of nitrogens with zero attached hydrogens (tertiary/aromatic N) is 1. The van der Waals surface area contributed by atoms with Gasteiger partial charge in [-0.3, -0.25) is 4.90 Å². The molecule has 8 rings (SSSR count). The molecule has 8 aliphatic rings. The van der Waals surface area contributed by atoms with E-state index in [1.165, 1.54) is 116 Å². The van der Waals surface area contributed by atoms with Gasteiger partial charge in [0, 0.05) is 24.5 Å². The monoisotopic (exact) mass is 697 g/mol. The van der Waals surface area contributed by atoms with Crippen molar-refractivity contribution in [3.63, 3.8) is 0 Å². The third-order valence-electron chi connectivity index (χ3n) is 17.9. The predicted octanol–water partition coefficient (Wildman–Crippen LogP) is 12.5. The van der Waals surface area contributed by atoms with Gasteiger partial charge in [-0.25, -0.2) is 0 Å². The van der Waals surface area contributed by atoms with Gasteiger partial charge in [0.1, 0.15) is 0 Å². The molecule has 10 atom stereocenters. The molecule has 0 aromatic rings. The van der Waals surface area contributed by atoms with Crippen molar-refractivity contribution in [1.82, 2.24) is 4.90 Å². The Morgan fingerprint density at radius 2 is 1.20 bits per heavy atom. The Morgan fingerprint density at radius 3 is 2.00 bits per heavy atom. The fourth-order valence-corrected chi connectivity index (χ4v) is 15.0. The van der Waals surface area contributed by atoms with Gasteiger partial charge in [0.25, 0.3) is 0 Å². The molecule has 0 aromatic carbocycles. The van der Waals surface area contributed by atoms with Crippen LogP contribution in [-0.4, -0.2) is 30.1 Å².